The van der Waals surface area contributed by atoms with Gasteiger partial charge in [0, 0.05) is 6.42 Å². The van der Waals surface area contributed by atoms with Gasteiger partial charge in [0.15, 0.2) is 0 Å². The summed E-state index contributed by atoms with van der Waals surface area (Å²) in [4.78, 5) is 23.0. The van der Waals surface area contributed by atoms with Crippen molar-refractivity contribution in [3.05, 3.63) is 0 Å². The van der Waals surface area contributed by atoms with Gasteiger partial charge >= 0.3 is 5.97 Å². The van der Waals surface area contributed by atoms with Crippen molar-refractivity contribution in [2.75, 3.05) is 0 Å². The van der Waals surface area contributed by atoms with E-state index < -0.39 is 23.4 Å². The van der Waals surface area contributed by atoms with Crippen LogP contribution >= 0.6 is 11.9 Å². The molecule has 0 aliphatic carbocycles. The van der Waals surface area contributed by atoms with Crippen molar-refractivity contribution >= 4 is 23.6 Å². The Morgan fingerprint density at radius 1 is 1.40 bits per heavy atom. The average molecular weight is 237 g/mol. The Bertz CT molecular complexity index is 242. The first-order chi connectivity index (χ1) is 6.70. The number of hydrogen-bond acceptors (Lipinski definition) is 4. The van der Waals surface area contributed by atoms with Gasteiger partial charge in [-0.25, -0.2) is 4.79 Å². The van der Waals surface area contributed by atoms with Crippen LogP contribution < -0.4 is 0 Å². The number of carbonyl (C=O) groups excluding carboxylic acids is 2. The highest BCUT2D eigenvalue weighted by Crippen LogP contribution is 2.29. The summed E-state index contributed by atoms with van der Waals surface area (Å²) in [5, 5.41) is 9.09. The fourth-order valence-corrected chi connectivity index (χ4v) is 1.51. The number of aliphatic hydroxyl groups is 1. The highest BCUT2D eigenvalue weighted by atomic mass is 35.5. The third-order valence-corrected chi connectivity index (χ3v) is 2.15. The number of halogens is 1. The summed E-state index contributed by atoms with van der Waals surface area (Å²) in [7, 11) is 0. The van der Waals surface area contributed by atoms with Crippen LogP contribution in [0.3, 0.4) is 0 Å². The molecule has 1 N–H and O–H groups in total. The van der Waals surface area contributed by atoms with Gasteiger partial charge in [-0.05, 0) is 12.3 Å². The Kier molecular flexibility index (Phi) is 5.24. The van der Waals surface area contributed by atoms with Crippen LogP contribution in [0.1, 0.15) is 34.1 Å². The minimum absolute atomic E-state index is 0.0755. The molecule has 0 amide bonds. The number of ketones is 1. The van der Waals surface area contributed by atoms with E-state index in [9.17, 15) is 9.59 Å². The predicted octanol–water partition coefficient (Wildman–Crippen LogP) is 1.69. The second kappa shape index (κ2) is 5.47. The molecule has 0 saturated heterocycles. The van der Waals surface area contributed by atoms with Crippen molar-refractivity contribution in [2.24, 2.45) is 11.3 Å². The first-order valence-corrected chi connectivity index (χ1v) is 5.04. The Hall–Kier alpha value is -0.610. The molecule has 0 aliphatic rings. The Morgan fingerprint density at radius 2 is 1.87 bits per heavy atom. The van der Waals surface area contributed by atoms with E-state index in [-0.39, 0.29) is 12.2 Å². The van der Waals surface area contributed by atoms with Crippen molar-refractivity contribution in [3.8, 4) is 0 Å². The lowest BCUT2D eigenvalue weighted by Crippen LogP contribution is -2.37. The van der Waals surface area contributed by atoms with E-state index in [4.69, 9.17) is 17.0 Å². The molecule has 0 rings (SSSR count). The van der Waals surface area contributed by atoms with E-state index in [1.807, 2.05) is 0 Å². The van der Waals surface area contributed by atoms with E-state index in [0.717, 1.165) is 0 Å². The maximum atomic E-state index is 11.7. The highest BCUT2D eigenvalue weighted by Gasteiger charge is 2.38. The van der Waals surface area contributed by atoms with Gasteiger partial charge in [-0.1, -0.05) is 20.8 Å². The first-order valence-electron chi connectivity index (χ1n) is 4.73. The lowest BCUT2D eigenvalue weighted by molar-refractivity contribution is -0.148. The molecule has 0 saturated carbocycles. The molecule has 0 bridgehead atoms. The van der Waals surface area contributed by atoms with Crippen molar-refractivity contribution in [2.45, 2.75) is 40.2 Å². The number of hydrogen-bond donors (Lipinski definition) is 1. The smallest absolute Gasteiger partial charge is 0.335 e. The molecule has 0 aromatic rings. The second-order valence-corrected chi connectivity index (χ2v) is 4.87. The zero-order valence-corrected chi connectivity index (χ0v) is 10.2. The molecule has 0 heterocycles. The molecule has 0 spiro atoms. The summed E-state index contributed by atoms with van der Waals surface area (Å²) in [5.41, 5.74) is -0.571. The second-order valence-electron chi connectivity index (χ2n) is 4.71. The summed E-state index contributed by atoms with van der Waals surface area (Å²) in [6.07, 6.45) is -0.848. The van der Waals surface area contributed by atoms with E-state index >= 15 is 0 Å². The summed E-state index contributed by atoms with van der Waals surface area (Å²) < 4.78 is 4.07. The van der Waals surface area contributed by atoms with Gasteiger partial charge in [-0.15, -0.1) is 0 Å². The fourth-order valence-electron chi connectivity index (χ4n) is 1.42. The Labute approximate surface area is 94.7 Å². The molecular weight excluding hydrogens is 220 g/mol. The molecule has 0 aliphatic heterocycles. The van der Waals surface area contributed by atoms with Gasteiger partial charge < -0.3 is 9.40 Å². The van der Waals surface area contributed by atoms with Crippen molar-refractivity contribution in [3.63, 3.8) is 0 Å². The molecule has 0 aromatic carbocycles. The summed E-state index contributed by atoms with van der Waals surface area (Å²) in [5.74, 6) is -2.07. The minimum Gasteiger partial charge on any atom is -0.393 e. The fraction of sp³-hybridized carbons (Fsp3) is 0.800. The van der Waals surface area contributed by atoms with Gasteiger partial charge in [0.25, 0.3) is 0 Å². The normalized spacial score (nSPS) is 15.6. The first kappa shape index (κ1) is 14.4. The average Bonchev–Trinajstić information content (AvgIpc) is 1.99. The molecule has 2 atom stereocenters. The van der Waals surface area contributed by atoms with Gasteiger partial charge in [-0.2, -0.15) is 0 Å². The molecule has 4 nitrogen and oxygen atoms in total. The summed E-state index contributed by atoms with van der Waals surface area (Å²) in [6.45, 7) is 6.71. The number of carbonyl (C=O) groups is 2. The number of Topliss-reactive ketones (excluding diaryl/α,β-unsaturated/α-hetero) is 1. The molecule has 2 unspecified atom stereocenters. The monoisotopic (exact) mass is 236 g/mol. The van der Waals surface area contributed by atoms with Gasteiger partial charge in [-0.3, -0.25) is 4.79 Å². The SMILES string of the molecule is CC(O)CC(=O)C(C(=O)OCl)C(C)(C)C. The summed E-state index contributed by atoms with van der Waals surface area (Å²) in [6, 6.07) is 0. The molecule has 15 heavy (non-hydrogen) atoms. The molecule has 0 aromatic heterocycles. The maximum absolute atomic E-state index is 11.7. The van der Waals surface area contributed by atoms with Crippen molar-refractivity contribution in [1.29, 1.82) is 0 Å². The minimum atomic E-state index is -0.940. The van der Waals surface area contributed by atoms with Crippen molar-refractivity contribution < 1.29 is 19.0 Å². The van der Waals surface area contributed by atoms with Crippen LogP contribution in [0.2, 0.25) is 0 Å². The zero-order chi connectivity index (χ0) is 12.2. The topological polar surface area (TPSA) is 63.6 Å². The van der Waals surface area contributed by atoms with Crippen LogP contribution in [0.15, 0.2) is 0 Å². The van der Waals surface area contributed by atoms with Crippen molar-refractivity contribution in [1.82, 2.24) is 0 Å². The molecule has 0 radical (unpaired) electrons. The van der Waals surface area contributed by atoms with E-state index in [1.165, 1.54) is 6.92 Å². The van der Waals surface area contributed by atoms with Gasteiger partial charge in [0.2, 0.25) is 0 Å². The Morgan fingerprint density at radius 3 is 2.13 bits per heavy atom. The maximum Gasteiger partial charge on any atom is 0.335 e. The lowest BCUT2D eigenvalue weighted by atomic mass is 9.77. The quantitative estimate of drug-likeness (QED) is 0.755. The Balaban J connectivity index is 4.80. The molecule has 5 heteroatoms. The van der Waals surface area contributed by atoms with Crippen LogP contribution in [0, 0.1) is 11.3 Å². The predicted molar refractivity (Wildman–Crippen MR) is 56.2 cm³/mol. The van der Waals surface area contributed by atoms with Crippen LogP contribution in [-0.2, 0) is 13.9 Å². The molecule has 88 valence electrons. The largest absolute Gasteiger partial charge is 0.393 e. The van der Waals surface area contributed by atoms with Gasteiger partial charge in [0.1, 0.15) is 23.6 Å². The molecular formula is C10H17ClO4. The molecule has 0 fully saturated rings. The van der Waals surface area contributed by atoms with Gasteiger partial charge in [0.05, 0.1) is 6.10 Å². The van der Waals surface area contributed by atoms with E-state index in [0.29, 0.717) is 0 Å². The lowest BCUT2D eigenvalue weighted by Gasteiger charge is -2.26. The van der Waals surface area contributed by atoms with E-state index in [2.05, 4.69) is 4.29 Å². The van der Waals surface area contributed by atoms with Crippen LogP contribution in [0.4, 0.5) is 0 Å². The third kappa shape index (κ3) is 4.62. The number of rotatable bonds is 4. The van der Waals surface area contributed by atoms with Crippen LogP contribution in [0.25, 0.3) is 0 Å². The van der Waals surface area contributed by atoms with E-state index in [1.54, 1.807) is 20.8 Å². The van der Waals surface area contributed by atoms with Crippen LogP contribution in [0.5, 0.6) is 0 Å². The zero-order valence-electron chi connectivity index (χ0n) is 9.41. The standard InChI is InChI=1S/C10H17ClO4/c1-6(12)5-7(13)8(9(14)15-11)10(2,3)4/h6,8,12H,5H2,1-4H3. The summed E-state index contributed by atoms with van der Waals surface area (Å²) >= 11 is 4.97. The number of aliphatic hydroxyl groups excluding tert-OH is 1. The third-order valence-electron chi connectivity index (χ3n) is 2.00. The highest BCUT2D eigenvalue weighted by molar-refractivity contribution is 6.16. The van der Waals surface area contributed by atoms with Crippen LogP contribution in [-0.4, -0.2) is 23.0 Å².